The summed E-state index contributed by atoms with van der Waals surface area (Å²) in [7, 11) is 0. The Kier molecular flexibility index (Phi) is 6.97. The van der Waals surface area contributed by atoms with E-state index in [0.29, 0.717) is 29.4 Å². The smallest absolute Gasteiger partial charge is 0.407 e. The van der Waals surface area contributed by atoms with Crippen molar-refractivity contribution in [1.82, 2.24) is 34.4 Å². The van der Waals surface area contributed by atoms with Crippen molar-refractivity contribution >= 4 is 28.7 Å². The number of hydrogen-bond acceptors (Lipinski definition) is 7. The van der Waals surface area contributed by atoms with Crippen LogP contribution in [0.2, 0.25) is 0 Å². The zero-order valence-corrected chi connectivity index (χ0v) is 27.4. The van der Waals surface area contributed by atoms with Crippen LogP contribution in [-0.4, -0.2) is 70.4 Å². The molecule has 4 aromatic heterocycles. The Morgan fingerprint density at radius 2 is 1.92 bits per heavy atom. The Hall–Kier alpha value is -5.00. The molecule has 12 heteroatoms. The number of carbonyl (C=O) groups excluding carboxylic acids is 2. The van der Waals surface area contributed by atoms with Gasteiger partial charge in [0.05, 0.1) is 29.0 Å². The molecule has 248 valence electrons. The molecule has 5 aromatic rings. The van der Waals surface area contributed by atoms with Crippen molar-refractivity contribution in [2.75, 3.05) is 6.54 Å². The summed E-state index contributed by atoms with van der Waals surface area (Å²) in [6, 6.07) is 10.0. The van der Waals surface area contributed by atoms with Gasteiger partial charge in [-0.2, -0.15) is 5.10 Å². The molecule has 3 fully saturated rings. The second kappa shape index (κ2) is 11.0. The molecule has 8 rings (SSSR count). The first kappa shape index (κ1) is 30.3. The third kappa shape index (κ3) is 5.23. The molecule has 1 saturated heterocycles. The number of alkyl carbamates (subject to hydrolysis) is 1. The van der Waals surface area contributed by atoms with E-state index in [4.69, 9.17) is 19.8 Å². The van der Waals surface area contributed by atoms with Crippen LogP contribution < -0.4 is 5.32 Å². The number of piperidine rings is 1. The molecule has 2 amide bonds. The third-order valence-electron chi connectivity index (χ3n) is 9.86. The van der Waals surface area contributed by atoms with Crippen molar-refractivity contribution in [1.29, 1.82) is 0 Å². The normalized spacial score (nSPS) is 20.6. The highest BCUT2D eigenvalue weighted by Gasteiger charge is 2.50. The van der Waals surface area contributed by atoms with Gasteiger partial charge in [-0.25, -0.2) is 23.7 Å². The molecule has 11 nitrogen and oxygen atoms in total. The Morgan fingerprint density at radius 1 is 1.10 bits per heavy atom. The lowest BCUT2D eigenvalue weighted by Gasteiger charge is -2.28. The van der Waals surface area contributed by atoms with E-state index in [1.807, 2.05) is 44.7 Å². The van der Waals surface area contributed by atoms with Crippen LogP contribution in [0.15, 0.2) is 48.8 Å². The van der Waals surface area contributed by atoms with Crippen molar-refractivity contribution < 1.29 is 23.8 Å². The summed E-state index contributed by atoms with van der Waals surface area (Å²) in [5.74, 6) is -0.557. The Bertz CT molecular complexity index is 2110. The van der Waals surface area contributed by atoms with Gasteiger partial charge in [-0.15, -0.1) is 0 Å². The average molecular weight is 652 g/mol. The van der Waals surface area contributed by atoms with Crippen molar-refractivity contribution in [2.24, 2.45) is 11.8 Å². The van der Waals surface area contributed by atoms with E-state index in [-0.39, 0.29) is 29.5 Å². The molecule has 0 radical (unpaired) electrons. The molecular formula is C36H38FN7O4. The minimum Gasteiger partial charge on any atom is -0.505 e. The predicted molar refractivity (Wildman–Crippen MR) is 177 cm³/mol. The molecule has 2 aliphatic carbocycles. The number of fused-ring (bicyclic) bond motifs is 4. The van der Waals surface area contributed by atoms with Crippen LogP contribution in [0, 0.1) is 24.6 Å². The van der Waals surface area contributed by atoms with E-state index in [9.17, 15) is 19.1 Å². The van der Waals surface area contributed by atoms with E-state index < -0.39 is 23.3 Å². The summed E-state index contributed by atoms with van der Waals surface area (Å²) in [5, 5.41) is 18.8. The molecular weight excluding hydrogens is 613 g/mol. The van der Waals surface area contributed by atoms with Gasteiger partial charge in [0.15, 0.2) is 17.2 Å². The molecule has 5 heterocycles. The standard InChI is InChI=1S/C36H38FN7O4/c1-19-30(27-14-21-10-12-25(24-6-5-7-28(45)29(24)37)39-33(21)42(27)16-20-8-9-20)41-44-18-23(15-38-32(19)44)34(46)43-17-22-11-13-26(43)31(22)40-35(47)48-36(2,3)4/h5-7,10,12,14-15,18,20,22,26,31,45H,8-9,11,13,16-17H2,1-4H3,(H,40,47)/t22?,26?,31-/m1/s1. The maximum atomic E-state index is 14.8. The largest absolute Gasteiger partial charge is 0.505 e. The summed E-state index contributed by atoms with van der Waals surface area (Å²) >= 11 is 0. The topological polar surface area (TPSA) is 127 Å². The number of halogens is 1. The number of likely N-dealkylation sites (tertiary alicyclic amines) is 1. The van der Waals surface area contributed by atoms with E-state index in [1.54, 1.807) is 35.1 Å². The number of amides is 2. The van der Waals surface area contributed by atoms with Gasteiger partial charge in [0.1, 0.15) is 16.9 Å². The summed E-state index contributed by atoms with van der Waals surface area (Å²) in [6.07, 6.45) is 6.90. The maximum absolute atomic E-state index is 14.8. The fourth-order valence-electron chi connectivity index (χ4n) is 7.40. The van der Waals surface area contributed by atoms with Gasteiger partial charge >= 0.3 is 6.09 Å². The van der Waals surface area contributed by atoms with Crippen LogP contribution in [0.1, 0.15) is 62.4 Å². The van der Waals surface area contributed by atoms with Crippen LogP contribution in [-0.2, 0) is 11.3 Å². The number of benzene rings is 1. The van der Waals surface area contributed by atoms with E-state index >= 15 is 0 Å². The Labute approximate surface area is 276 Å². The summed E-state index contributed by atoms with van der Waals surface area (Å²) in [5.41, 5.74) is 4.35. The van der Waals surface area contributed by atoms with Gasteiger partial charge < -0.3 is 24.6 Å². The molecule has 2 bridgehead atoms. The van der Waals surface area contributed by atoms with Gasteiger partial charge in [-0.3, -0.25) is 4.79 Å². The number of carbonyl (C=O) groups is 2. The number of rotatable bonds is 6. The highest BCUT2D eigenvalue weighted by molar-refractivity contribution is 5.95. The number of nitrogens with zero attached hydrogens (tertiary/aromatic N) is 6. The first-order valence-electron chi connectivity index (χ1n) is 16.6. The van der Waals surface area contributed by atoms with Gasteiger partial charge in [0, 0.05) is 42.0 Å². The Balaban J connectivity index is 1.11. The highest BCUT2D eigenvalue weighted by atomic mass is 19.1. The minimum atomic E-state index is -0.700. The lowest BCUT2D eigenvalue weighted by Crippen LogP contribution is -2.46. The monoisotopic (exact) mass is 651 g/mol. The minimum absolute atomic E-state index is 0.107. The number of hydrogen-bond donors (Lipinski definition) is 2. The van der Waals surface area contributed by atoms with Gasteiger partial charge in [-0.1, -0.05) is 6.07 Å². The average Bonchev–Trinajstić information content (AvgIpc) is 3.40. The molecule has 1 aromatic carbocycles. The summed E-state index contributed by atoms with van der Waals surface area (Å²) in [6.45, 7) is 8.78. The quantitative estimate of drug-likeness (QED) is 0.227. The lowest BCUT2D eigenvalue weighted by molar-refractivity contribution is 0.0485. The van der Waals surface area contributed by atoms with Crippen LogP contribution >= 0.6 is 0 Å². The molecule has 3 aliphatic rings. The highest BCUT2D eigenvalue weighted by Crippen LogP contribution is 2.40. The summed E-state index contributed by atoms with van der Waals surface area (Å²) in [4.78, 5) is 37.8. The van der Waals surface area contributed by atoms with E-state index in [2.05, 4.69) is 9.88 Å². The number of ether oxygens (including phenoxy) is 1. The van der Waals surface area contributed by atoms with Gasteiger partial charge in [-0.05, 0) is 95.5 Å². The zero-order chi connectivity index (χ0) is 33.5. The second-order valence-electron chi connectivity index (χ2n) is 14.5. The number of phenols is 1. The fraction of sp³-hybridized carbons (Fsp3) is 0.417. The number of aryl methyl sites for hydroxylation is 1. The molecule has 3 atom stereocenters. The van der Waals surface area contributed by atoms with Crippen molar-refractivity contribution in [3.63, 3.8) is 0 Å². The van der Waals surface area contributed by atoms with Gasteiger partial charge in [0.25, 0.3) is 5.91 Å². The molecule has 48 heavy (non-hydrogen) atoms. The SMILES string of the molecule is Cc1c(-c2cc3ccc(-c4cccc(O)c4F)nc3n2CC2CC2)nn2cc(C(=O)N3CC4CCC3[C@@H]4NC(=O)OC(C)(C)C)cnc12. The third-order valence-corrected chi connectivity index (χ3v) is 9.86. The van der Waals surface area contributed by atoms with Crippen LogP contribution in [0.5, 0.6) is 5.75 Å². The first-order chi connectivity index (χ1) is 22.9. The lowest BCUT2D eigenvalue weighted by atomic mass is 10.1. The summed E-state index contributed by atoms with van der Waals surface area (Å²) < 4.78 is 24.1. The van der Waals surface area contributed by atoms with E-state index in [0.717, 1.165) is 60.2 Å². The molecule has 1 aliphatic heterocycles. The van der Waals surface area contributed by atoms with Crippen molar-refractivity contribution in [3.05, 3.63) is 65.7 Å². The van der Waals surface area contributed by atoms with Gasteiger partial charge in [0.2, 0.25) is 0 Å². The molecule has 2 unspecified atom stereocenters. The maximum Gasteiger partial charge on any atom is 0.407 e. The number of phenolic OH excluding ortho intramolecular Hbond substituents is 1. The number of aromatic hydroxyl groups is 1. The number of pyridine rings is 1. The molecule has 0 spiro atoms. The van der Waals surface area contributed by atoms with Crippen LogP contribution in [0.4, 0.5) is 9.18 Å². The number of aromatic nitrogens is 5. The van der Waals surface area contributed by atoms with Crippen LogP contribution in [0.3, 0.4) is 0 Å². The molecule has 2 N–H and O–H groups in total. The first-order valence-corrected chi connectivity index (χ1v) is 16.6. The molecule has 2 saturated carbocycles. The second-order valence-corrected chi connectivity index (χ2v) is 14.5. The van der Waals surface area contributed by atoms with Crippen molar-refractivity contribution in [3.8, 4) is 28.4 Å². The fourth-order valence-corrected chi connectivity index (χ4v) is 7.40. The predicted octanol–water partition coefficient (Wildman–Crippen LogP) is 6.10. The Morgan fingerprint density at radius 3 is 2.69 bits per heavy atom. The number of nitrogens with one attached hydrogen (secondary N) is 1. The van der Waals surface area contributed by atoms with Crippen molar-refractivity contribution in [2.45, 2.75) is 77.6 Å². The van der Waals surface area contributed by atoms with E-state index in [1.165, 1.54) is 6.07 Å². The van der Waals surface area contributed by atoms with Crippen LogP contribution in [0.25, 0.3) is 39.3 Å². The zero-order valence-electron chi connectivity index (χ0n) is 27.4.